The second kappa shape index (κ2) is 9.79. The summed E-state index contributed by atoms with van der Waals surface area (Å²) in [5.74, 6) is 0.677. The Bertz CT molecular complexity index is 2530. The number of aliphatic imine (C=N–C) groups is 2. The van der Waals surface area contributed by atoms with Crippen LogP contribution in [0.5, 0.6) is 0 Å². The molecule has 6 aromatic carbocycles. The molecule has 0 bridgehead atoms. The molecule has 9 rings (SSSR count). The van der Waals surface area contributed by atoms with E-state index in [0.29, 0.717) is 5.84 Å². The monoisotopic (exact) mass is 563 g/mol. The molecule has 44 heavy (non-hydrogen) atoms. The maximum Gasteiger partial charge on any atom is 0.160 e. The molecule has 0 atom stereocenters. The predicted octanol–water partition coefficient (Wildman–Crippen LogP) is 10.2. The van der Waals surface area contributed by atoms with Crippen LogP contribution in [-0.2, 0) is 0 Å². The summed E-state index contributed by atoms with van der Waals surface area (Å²) in [5.41, 5.74) is 8.65. The molecule has 0 aliphatic carbocycles. The minimum atomic E-state index is 0.677. The molecule has 0 saturated carbocycles. The molecule has 1 aliphatic heterocycles. The summed E-state index contributed by atoms with van der Waals surface area (Å²) in [4.78, 5) is 13.8. The van der Waals surface area contributed by atoms with Crippen LogP contribution in [0.3, 0.4) is 0 Å². The summed E-state index contributed by atoms with van der Waals surface area (Å²) in [7, 11) is 0. The van der Waals surface area contributed by atoms with Crippen molar-refractivity contribution in [3.05, 3.63) is 162 Å². The first kappa shape index (κ1) is 24.6. The minimum Gasteiger partial charge on any atom is -0.456 e. The van der Waals surface area contributed by atoms with Gasteiger partial charge < -0.3 is 9.40 Å². The van der Waals surface area contributed by atoms with Crippen molar-refractivity contribution in [2.24, 2.45) is 9.98 Å². The van der Waals surface area contributed by atoms with Gasteiger partial charge in [-0.2, -0.15) is 0 Å². The number of rotatable bonds is 3. The number of hydrogen-bond acceptors (Lipinski definition) is 3. The molecule has 4 nitrogen and oxygen atoms in total. The SMILES string of the molecule is C1=C/C(c2ccc3c(c2)[nH]c2cc4oc5cc6ccccc6cc5c4cc23)=N\C(c2ccccc2)=N/C(c2ccccc2)=C/1. The lowest BCUT2D eigenvalue weighted by atomic mass is 10.0. The highest BCUT2D eigenvalue weighted by Crippen LogP contribution is 2.37. The van der Waals surface area contributed by atoms with Gasteiger partial charge in [-0.25, -0.2) is 9.98 Å². The van der Waals surface area contributed by atoms with Gasteiger partial charge in [0, 0.05) is 49.8 Å². The van der Waals surface area contributed by atoms with Crippen molar-refractivity contribution in [3.8, 4) is 0 Å². The fraction of sp³-hybridized carbons (Fsp3) is 0. The van der Waals surface area contributed by atoms with Crippen LogP contribution < -0.4 is 0 Å². The van der Waals surface area contributed by atoms with Gasteiger partial charge in [0.2, 0.25) is 0 Å². The van der Waals surface area contributed by atoms with E-state index in [9.17, 15) is 0 Å². The molecule has 1 aliphatic rings. The van der Waals surface area contributed by atoms with Crippen molar-refractivity contribution in [1.29, 1.82) is 0 Å². The molecule has 2 aromatic heterocycles. The lowest BCUT2D eigenvalue weighted by molar-refractivity contribution is 0.670. The van der Waals surface area contributed by atoms with E-state index >= 15 is 0 Å². The molecule has 4 heteroatoms. The fourth-order valence-corrected chi connectivity index (χ4v) is 6.23. The van der Waals surface area contributed by atoms with E-state index in [2.05, 4.69) is 108 Å². The van der Waals surface area contributed by atoms with Crippen molar-refractivity contribution in [1.82, 2.24) is 4.98 Å². The van der Waals surface area contributed by atoms with E-state index < -0.39 is 0 Å². The van der Waals surface area contributed by atoms with Crippen molar-refractivity contribution in [2.45, 2.75) is 0 Å². The lowest BCUT2D eigenvalue weighted by Gasteiger charge is -2.10. The second-order valence-electron chi connectivity index (χ2n) is 11.2. The second-order valence-corrected chi connectivity index (χ2v) is 11.2. The molecular weight excluding hydrogens is 538 g/mol. The van der Waals surface area contributed by atoms with Gasteiger partial charge in [0.05, 0.1) is 16.9 Å². The average molecular weight is 564 g/mol. The van der Waals surface area contributed by atoms with Gasteiger partial charge in [0.25, 0.3) is 0 Å². The smallest absolute Gasteiger partial charge is 0.160 e. The highest BCUT2D eigenvalue weighted by atomic mass is 16.3. The van der Waals surface area contributed by atoms with Gasteiger partial charge >= 0.3 is 0 Å². The van der Waals surface area contributed by atoms with Crippen LogP contribution >= 0.6 is 0 Å². The number of amidine groups is 1. The Morgan fingerprint density at radius 1 is 0.500 bits per heavy atom. The van der Waals surface area contributed by atoms with Crippen LogP contribution in [0.4, 0.5) is 0 Å². The Labute approximate surface area is 253 Å². The van der Waals surface area contributed by atoms with Crippen LogP contribution in [-0.4, -0.2) is 16.5 Å². The van der Waals surface area contributed by atoms with E-state index in [4.69, 9.17) is 14.4 Å². The molecule has 0 fully saturated rings. The number of benzene rings is 6. The normalized spacial score (nSPS) is 18.0. The molecule has 0 amide bonds. The standard InChI is InChI=1S/C40H25N3O/c1-3-10-25(11-4-1)34-16-9-17-35(43-40(42-34)26-12-5-2-6-13-26)29-18-19-30-31-23-33-32-20-27-14-7-8-15-28(27)22-38(32)44-39(33)24-37(31)41-36(30)21-29/h1-24,41H/b16-9?,17-9+,34-16+,35-17?,42-34?,42-40-,43-35+,43-40?. The highest BCUT2D eigenvalue weighted by Gasteiger charge is 2.15. The number of aromatic amines is 1. The van der Waals surface area contributed by atoms with E-state index in [1.54, 1.807) is 0 Å². The van der Waals surface area contributed by atoms with Crippen molar-refractivity contribution in [3.63, 3.8) is 0 Å². The zero-order valence-electron chi connectivity index (χ0n) is 23.7. The van der Waals surface area contributed by atoms with Gasteiger partial charge in [-0.3, -0.25) is 0 Å². The first-order chi connectivity index (χ1) is 21.8. The molecule has 3 heterocycles. The lowest BCUT2D eigenvalue weighted by Crippen LogP contribution is -2.06. The molecular formula is C40H25N3O. The van der Waals surface area contributed by atoms with Gasteiger partial charge in [-0.05, 0) is 47.2 Å². The van der Waals surface area contributed by atoms with Crippen molar-refractivity contribution >= 4 is 71.8 Å². The maximum absolute atomic E-state index is 6.34. The Morgan fingerprint density at radius 3 is 2.00 bits per heavy atom. The van der Waals surface area contributed by atoms with Crippen LogP contribution in [0.25, 0.3) is 60.2 Å². The number of allylic oxidation sites excluding steroid dienone is 3. The zero-order chi connectivity index (χ0) is 29.0. The van der Waals surface area contributed by atoms with Crippen molar-refractivity contribution in [2.75, 3.05) is 0 Å². The van der Waals surface area contributed by atoms with E-state index in [1.165, 1.54) is 21.5 Å². The third-order valence-corrected chi connectivity index (χ3v) is 8.42. The third kappa shape index (κ3) is 4.08. The number of H-pyrrole nitrogens is 1. The van der Waals surface area contributed by atoms with Gasteiger partial charge in [0.1, 0.15) is 11.2 Å². The number of hydrogen-bond donors (Lipinski definition) is 1. The first-order valence-electron chi connectivity index (χ1n) is 14.7. The molecule has 0 radical (unpaired) electrons. The number of nitrogens with one attached hydrogen (secondary N) is 1. The van der Waals surface area contributed by atoms with Crippen molar-refractivity contribution < 1.29 is 4.42 Å². The summed E-state index contributed by atoms with van der Waals surface area (Å²) in [5, 5.41) is 6.99. The van der Waals surface area contributed by atoms with E-state index in [-0.39, 0.29) is 0 Å². The van der Waals surface area contributed by atoms with Crippen LogP contribution in [0, 0.1) is 0 Å². The largest absolute Gasteiger partial charge is 0.456 e. The van der Waals surface area contributed by atoms with E-state index in [0.717, 1.165) is 61.1 Å². The summed E-state index contributed by atoms with van der Waals surface area (Å²) in [6.45, 7) is 0. The van der Waals surface area contributed by atoms with E-state index in [1.807, 2.05) is 42.5 Å². The Hall–Kier alpha value is -6.00. The molecule has 206 valence electrons. The Kier molecular flexibility index (Phi) is 5.47. The third-order valence-electron chi connectivity index (χ3n) is 8.42. The Balaban J connectivity index is 1.17. The number of nitrogens with zero attached hydrogens (tertiary/aromatic N) is 2. The molecule has 0 saturated heterocycles. The number of aromatic nitrogens is 1. The summed E-state index contributed by atoms with van der Waals surface area (Å²) in [6, 6.07) is 44.1. The first-order valence-corrected chi connectivity index (χ1v) is 14.7. The van der Waals surface area contributed by atoms with Gasteiger partial charge in [-0.15, -0.1) is 0 Å². The van der Waals surface area contributed by atoms with Crippen LogP contribution in [0.1, 0.15) is 16.7 Å². The van der Waals surface area contributed by atoms with Crippen LogP contribution in [0.2, 0.25) is 0 Å². The molecule has 8 aromatic rings. The Morgan fingerprint density at radius 2 is 1.18 bits per heavy atom. The topological polar surface area (TPSA) is 53.6 Å². The minimum absolute atomic E-state index is 0.677. The van der Waals surface area contributed by atoms with Gasteiger partial charge in [0.15, 0.2) is 5.84 Å². The maximum atomic E-state index is 6.34. The molecule has 0 spiro atoms. The summed E-state index contributed by atoms with van der Waals surface area (Å²) in [6.07, 6.45) is 6.15. The number of fused-ring (bicyclic) bond motifs is 7. The summed E-state index contributed by atoms with van der Waals surface area (Å²) >= 11 is 0. The zero-order valence-corrected chi connectivity index (χ0v) is 23.7. The summed E-state index contributed by atoms with van der Waals surface area (Å²) < 4.78 is 6.34. The quantitative estimate of drug-likeness (QED) is 0.228. The average Bonchev–Trinajstić information content (AvgIpc) is 3.59. The van der Waals surface area contributed by atoms with Gasteiger partial charge in [-0.1, -0.05) is 103 Å². The predicted molar refractivity (Wildman–Crippen MR) is 184 cm³/mol. The highest BCUT2D eigenvalue weighted by molar-refractivity contribution is 6.21. The molecule has 0 unspecified atom stereocenters. The molecule has 1 N–H and O–H groups in total. The number of furan rings is 1. The van der Waals surface area contributed by atoms with Crippen LogP contribution in [0.15, 0.2) is 160 Å². The fourth-order valence-electron chi connectivity index (χ4n) is 6.23.